The number of rotatable bonds is 0. The van der Waals surface area contributed by atoms with E-state index >= 15 is 0 Å². The van der Waals surface area contributed by atoms with E-state index in [1.807, 2.05) is 4.90 Å². The van der Waals surface area contributed by atoms with Gasteiger partial charge >= 0.3 is 0 Å². The Morgan fingerprint density at radius 1 is 1.67 bits per heavy atom. The summed E-state index contributed by atoms with van der Waals surface area (Å²) < 4.78 is 0. The van der Waals surface area contributed by atoms with Crippen molar-refractivity contribution in [3.8, 4) is 0 Å². The minimum Gasteiger partial charge on any atom is -0.369 e. The minimum absolute atomic E-state index is 0.0558. The van der Waals surface area contributed by atoms with Crippen LogP contribution in [0.3, 0.4) is 0 Å². The van der Waals surface area contributed by atoms with E-state index in [-0.39, 0.29) is 11.9 Å². The molecule has 1 fully saturated rings. The lowest BCUT2D eigenvalue weighted by atomic mass is 9.91. The van der Waals surface area contributed by atoms with Crippen LogP contribution in [-0.4, -0.2) is 29.4 Å². The number of hydrogen-bond donors (Lipinski definition) is 1. The molecule has 0 aromatic heterocycles. The molecule has 0 aromatic rings. The molecule has 4 nitrogen and oxygen atoms in total. The quantitative estimate of drug-likeness (QED) is 0.550. The van der Waals surface area contributed by atoms with E-state index in [9.17, 15) is 4.79 Å². The standard InChI is InChI=1S/C8H13N3O/c1-5-3-2-4-11-6(5)7(12)10-8(11)9/h5-6H,2-4H2,1H3,(H2,9,10,12). The Morgan fingerprint density at radius 2 is 2.42 bits per heavy atom. The van der Waals surface area contributed by atoms with Crippen LogP contribution in [0.4, 0.5) is 0 Å². The first-order valence-corrected chi connectivity index (χ1v) is 4.35. The van der Waals surface area contributed by atoms with Crippen LogP contribution in [0.1, 0.15) is 19.8 Å². The van der Waals surface area contributed by atoms with Gasteiger partial charge in [-0.1, -0.05) is 6.92 Å². The largest absolute Gasteiger partial charge is 0.369 e. The second-order valence-corrected chi connectivity index (χ2v) is 3.57. The van der Waals surface area contributed by atoms with Crippen molar-refractivity contribution in [2.45, 2.75) is 25.8 Å². The molecule has 2 rings (SSSR count). The maximum Gasteiger partial charge on any atom is 0.271 e. The number of carbonyl (C=O) groups excluding carboxylic acids is 1. The molecule has 1 amide bonds. The first-order valence-electron chi connectivity index (χ1n) is 4.35. The van der Waals surface area contributed by atoms with Crippen molar-refractivity contribution < 1.29 is 4.79 Å². The van der Waals surface area contributed by atoms with Gasteiger partial charge in [0.2, 0.25) is 0 Å². The van der Waals surface area contributed by atoms with Crippen LogP contribution < -0.4 is 5.73 Å². The number of amides is 1. The molecular weight excluding hydrogens is 154 g/mol. The number of aliphatic imine (C=N–C) groups is 1. The van der Waals surface area contributed by atoms with Crippen LogP contribution in [0.25, 0.3) is 0 Å². The molecule has 2 aliphatic rings. The van der Waals surface area contributed by atoms with Gasteiger partial charge in [0.15, 0.2) is 5.96 Å². The number of carbonyl (C=O) groups is 1. The van der Waals surface area contributed by atoms with Gasteiger partial charge in [0.25, 0.3) is 5.91 Å². The van der Waals surface area contributed by atoms with Crippen LogP contribution in [0.5, 0.6) is 0 Å². The first-order chi connectivity index (χ1) is 5.70. The molecule has 1 saturated heterocycles. The molecule has 0 bridgehead atoms. The average molecular weight is 167 g/mol. The third kappa shape index (κ3) is 0.906. The molecule has 0 radical (unpaired) electrons. The molecule has 2 unspecified atom stereocenters. The van der Waals surface area contributed by atoms with Crippen LogP contribution in [0.2, 0.25) is 0 Å². The highest BCUT2D eigenvalue weighted by atomic mass is 16.2. The van der Waals surface area contributed by atoms with Gasteiger partial charge in [-0.25, -0.2) is 0 Å². The summed E-state index contributed by atoms with van der Waals surface area (Å²) in [6, 6.07) is -0.0567. The summed E-state index contributed by atoms with van der Waals surface area (Å²) in [5, 5.41) is 0. The molecular formula is C8H13N3O. The number of piperidine rings is 1. The normalized spacial score (nSPS) is 34.9. The van der Waals surface area contributed by atoms with Gasteiger partial charge in [-0.2, -0.15) is 4.99 Å². The predicted molar refractivity (Wildman–Crippen MR) is 45.5 cm³/mol. The summed E-state index contributed by atoms with van der Waals surface area (Å²) >= 11 is 0. The van der Waals surface area contributed by atoms with Crippen molar-refractivity contribution in [3.63, 3.8) is 0 Å². The van der Waals surface area contributed by atoms with Crippen LogP contribution >= 0.6 is 0 Å². The zero-order valence-electron chi connectivity index (χ0n) is 7.16. The maximum atomic E-state index is 11.3. The molecule has 0 spiro atoms. The number of nitrogens with zero attached hydrogens (tertiary/aromatic N) is 2. The lowest BCUT2D eigenvalue weighted by Gasteiger charge is -2.33. The fourth-order valence-corrected chi connectivity index (χ4v) is 2.06. The Morgan fingerprint density at radius 3 is 3.08 bits per heavy atom. The Balaban J connectivity index is 2.25. The summed E-state index contributed by atoms with van der Waals surface area (Å²) in [5.74, 6) is 0.757. The third-order valence-electron chi connectivity index (χ3n) is 2.71. The molecule has 66 valence electrons. The van der Waals surface area contributed by atoms with Gasteiger partial charge in [0, 0.05) is 6.54 Å². The highest BCUT2D eigenvalue weighted by Gasteiger charge is 2.39. The van der Waals surface area contributed by atoms with Crippen molar-refractivity contribution >= 4 is 11.9 Å². The molecule has 2 heterocycles. The van der Waals surface area contributed by atoms with Crippen LogP contribution in [0, 0.1) is 5.92 Å². The average Bonchev–Trinajstić information content (AvgIpc) is 2.29. The van der Waals surface area contributed by atoms with E-state index < -0.39 is 0 Å². The molecule has 4 heteroatoms. The summed E-state index contributed by atoms with van der Waals surface area (Å²) in [6.45, 7) is 2.97. The second-order valence-electron chi connectivity index (χ2n) is 3.57. The van der Waals surface area contributed by atoms with Crippen molar-refractivity contribution in [3.05, 3.63) is 0 Å². The fraction of sp³-hybridized carbons (Fsp3) is 0.750. The molecule has 0 aliphatic carbocycles. The lowest BCUT2D eigenvalue weighted by Crippen LogP contribution is -2.48. The van der Waals surface area contributed by atoms with E-state index in [0.29, 0.717) is 11.9 Å². The van der Waals surface area contributed by atoms with Crippen molar-refractivity contribution in [1.82, 2.24) is 4.90 Å². The van der Waals surface area contributed by atoms with E-state index in [0.717, 1.165) is 19.4 Å². The number of guanidine groups is 1. The zero-order valence-corrected chi connectivity index (χ0v) is 7.16. The Hall–Kier alpha value is -1.06. The monoisotopic (exact) mass is 167 g/mol. The molecule has 0 saturated carbocycles. The van der Waals surface area contributed by atoms with Crippen molar-refractivity contribution in [2.24, 2.45) is 16.6 Å². The van der Waals surface area contributed by atoms with E-state index in [2.05, 4.69) is 11.9 Å². The molecule has 2 N–H and O–H groups in total. The van der Waals surface area contributed by atoms with Gasteiger partial charge in [-0.05, 0) is 18.8 Å². The van der Waals surface area contributed by atoms with Gasteiger partial charge in [-0.15, -0.1) is 0 Å². The topological polar surface area (TPSA) is 58.7 Å². The highest BCUT2D eigenvalue weighted by molar-refractivity contribution is 6.02. The number of hydrogen-bond acceptors (Lipinski definition) is 3. The molecule has 2 atom stereocenters. The van der Waals surface area contributed by atoms with Gasteiger partial charge in [0.05, 0.1) is 0 Å². The zero-order chi connectivity index (χ0) is 8.72. The second kappa shape index (κ2) is 2.47. The highest BCUT2D eigenvalue weighted by Crippen LogP contribution is 2.26. The number of fused-ring (bicyclic) bond motifs is 1. The summed E-state index contributed by atoms with van der Waals surface area (Å²) in [7, 11) is 0. The lowest BCUT2D eigenvalue weighted by molar-refractivity contribution is -0.122. The SMILES string of the molecule is CC1CCCN2C(N)=NC(=O)C12. The molecule has 0 aromatic carbocycles. The summed E-state index contributed by atoms with van der Waals surface area (Å²) in [5.41, 5.74) is 5.60. The maximum absolute atomic E-state index is 11.3. The minimum atomic E-state index is -0.0567. The fourth-order valence-electron chi connectivity index (χ4n) is 2.06. The Labute approximate surface area is 71.4 Å². The first kappa shape index (κ1) is 7.58. The number of nitrogens with two attached hydrogens (primary N) is 1. The summed E-state index contributed by atoms with van der Waals surface area (Å²) in [6.07, 6.45) is 2.22. The Bertz CT molecular complexity index is 249. The van der Waals surface area contributed by atoms with Crippen LogP contribution in [0.15, 0.2) is 4.99 Å². The third-order valence-corrected chi connectivity index (χ3v) is 2.71. The van der Waals surface area contributed by atoms with E-state index in [1.165, 1.54) is 0 Å². The molecule has 12 heavy (non-hydrogen) atoms. The smallest absolute Gasteiger partial charge is 0.271 e. The van der Waals surface area contributed by atoms with Crippen molar-refractivity contribution in [1.29, 1.82) is 0 Å². The molecule has 2 aliphatic heterocycles. The van der Waals surface area contributed by atoms with Gasteiger partial charge in [0.1, 0.15) is 6.04 Å². The van der Waals surface area contributed by atoms with Gasteiger partial charge in [-0.3, -0.25) is 4.79 Å². The van der Waals surface area contributed by atoms with Crippen LogP contribution in [-0.2, 0) is 4.79 Å². The Kier molecular flexibility index (Phi) is 1.56. The van der Waals surface area contributed by atoms with E-state index in [1.54, 1.807) is 0 Å². The summed E-state index contributed by atoms with van der Waals surface area (Å²) in [4.78, 5) is 17.0. The van der Waals surface area contributed by atoms with E-state index in [4.69, 9.17) is 5.73 Å². The van der Waals surface area contributed by atoms with Gasteiger partial charge < -0.3 is 10.6 Å². The predicted octanol–water partition coefficient (Wildman–Crippen LogP) is -0.0582. The van der Waals surface area contributed by atoms with Crippen molar-refractivity contribution in [2.75, 3.05) is 6.54 Å².